The van der Waals surface area contributed by atoms with E-state index in [1.54, 1.807) is 6.08 Å². The van der Waals surface area contributed by atoms with Crippen LogP contribution in [0.5, 0.6) is 0 Å². The lowest BCUT2D eigenvalue weighted by Gasteiger charge is -2.20. The summed E-state index contributed by atoms with van der Waals surface area (Å²) in [5.74, 6) is -0.0490. The second kappa shape index (κ2) is 75.5. The van der Waals surface area contributed by atoms with E-state index in [-0.39, 0.29) is 18.5 Å². The van der Waals surface area contributed by atoms with Crippen molar-refractivity contribution in [2.75, 3.05) is 13.2 Å². The summed E-state index contributed by atoms with van der Waals surface area (Å²) in [7, 11) is 0. The molecule has 0 spiro atoms. The average Bonchev–Trinajstić information content (AvgIpc) is 3.54. The minimum Gasteiger partial charge on any atom is -0.466 e. The summed E-state index contributed by atoms with van der Waals surface area (Å²) < 4.78 is 5.50. The van der Waals surface area contributed by atoms with Crippen molar-refractivity contribution in [3.05, 3.63) is 36.5 Å². The number of unbranched alkanes of at least 4 members (excludes halogenated alkanes) is 59. The van der Waals surface area contributed by atoms with E-state index in [2.05, 4.69) is 43.5 Å². The van der Waals surface area contributed by atoms with Crippen LogP contribution in [0.15, 0.2) is 36.5 Å². The zero-order valence-electron chi connectivity index (χ0n) is 58.3. The number of esters is 1. The number of carbonyl (C=O) groups excluding carboxylic acids is 2. The molecular weight excluding hydrogens is 1050 g/mol. The van der Waals surface area contributed by atoms with Gasteiger partial charge in [-0.25, -0.2) is 0 Å². The van der Waals surface area contributed by atoms with E-state index in [9.17, 15) is 19.8 Å². The first-order chi connectivity index (χ1) is 42.5. The maximum atomic E-state index is 12.5. The zero-order valence-corrected chi connectivity index (χ0v) is 58.3. The van der Waals surface area contributed by atoms with Gasteiger partial charge in [0.25, 0.3) is 0 Å². The topological polar surface area (TPSA) is 95.9 Å². The van der Waals surface area contributed by atoms with Crippen molar-refractivity contribution in [3.8, 4) is 0 Å². The average molecular weight is 1210 g/mol. The summed E-state index contributed by atoms with van der Waals surface area (Å²) in [6.45, 7) is 4.94. The molecule has 86 heavy (non-hydrogen) atoms. The number of aliphatic hydroxyl groups is 2. The number of allylic oxidation sites excluding steroid dienone is 5. The van der Waals surface area contributed by atoms with E-state index in [1.807, 2.05) is 6.08 Å². The van der Waals surface area contributed by atoms with Crippen molar-refractivity contribution >= 4 is 11.9 Å². The van der Waals surface area contributed by atoms with Crippen molar-refractivity contribution in [2.24, 2.45) is 0 Å². The molecule has 0 aliphatic carbocycles. The molecule has 0 aliphatic rings. The molecule has 0 bridgehead atoms. The van der Waals surface area contributed by atoms with Gasteiger partial charge in [-0.15, -0.1) is 0 Å². The third-order valence-electron chi connectivity index (χ3n) is 18.4. The summed E-state index contributed by atoms with van der Waals surface area (Å²) in [5, 5.41) is 23.3. The van der Waals surface area contributed by atoms with E-state index >= 15 is 0 Å². The standard InChI is InChI=1S/C80H153NO5/c1-3-5-7-9-11-13-15-17-19-21-22-38-41-44-48-52-56-60-64-68-72-78(83)77(76-82)81-79(84)73-69-65-61-57-53-49-45-42-39-36-34-32-30-28-26-24-23-25-27-29-31-33-35-37-40-43-47-51-55-59-63-67-71-75-86-80(85)74-70-66-62-58-54-50-46-20-18-16-14-12-10-8-6-4-2/h20,27,29,46,68,72,77-78,82-83H,3-19,21-26,28,30-45,47-67,69-71,73-76H2,1-2H3,(H,81,84)/b29-27-,46-20-,72-68+. The van der Waals surface area contributed by atoms with E-state index < -0.39 is 12.1 Å². The van der Waals surface area contributed by atoms with Gasteiger partial charge >= 0.3 is 5.97 Å². The SMILES string of the molecule is CCCCCCCCC/C=C\CCCCCCCC(=O)OCCCCCCCCCCCCCC/C=C\CCCCCCCCCCCCCCCCCCCC(=O)NC(CO)C(O)/C=C/CCCCCCCCCCCCCCCCCCCC. The second-order valence-corrected chi connectivity index (χ2v) is 27.0. The number of ether oxygens (including phenoxy) is 1. The summed E-state index contributed by atoms with van der Waals surface area (Å²) in [6, 6.07) is -0.627. The molecule has 2 atom stereocenters. The van der Waals surface area contributed by atoms with Crippen LogP contribution < -0.4 is 5.32 Å². The summed E-state index contributed by atoms with van der Waals surface area (Å²) in [6.07, 6.45) is 98.3. The van der Waals surface area contributed by atoms with Gasteiger partial charge in [0.1, 0.15) is 0 Å². The van der Waals surface area contributed by atoms with Gasteiger partial charge in [0, 0.05) is 12.8 Å². The van der Waals surface area contributed by atoms with Gasteiger partial charge in [-0.2, -0.15) is 0 Å². The number of nitrogens with one attached hydrogen (secondary N) is 1. The molecule has 3 N–H and O–H groups in total. The number of rotatable bonds is 74. The van der Waals surface area contributed by atoms with Gasteiger partial charge in [0.15, 0.2) is 0 Å². The van der Waals surface area contributed by atoms with Crippen LogP contribution in [0.1, 0.15) is 438 Å². The highest BCUT2D eigenvalue weighted by Crippen LogP contribution is 2.19. The molecule has 6 nitrogen and oxygen atoms in total. The summed E-state index contributed by atoms with van der Waals surface area (Å²) >= 11 is 0. The van der Waals surface area contributed by atoms with Crippen molar-refractivity contribution in [2.45, 2.75) is 450 Å². The quantitative estimate of drug-likeness (QED) is 0.0320. The Balaban J connectivity index is 3.37. The molecule has 2 unspecified atom stereocenters. The molecule has 0 rings (SSSR count). The first-order valence-corrected chi connectivity index (χ1v) is 39.3. The molecule has 0 heterocycles. The van der Waals surface area contributed by atoms with Crippen molar-refractivity contribution in [1.29, 1.82) is 0 Å². The fourth-order valence-electron chi connectivity index (χ4n) is 12.4. The minimum absolute atomic E-state index is 0.0117. The van der Waals surface area contributed by atoms with E-state index in [0.717, 1.165) is 44.9 Å². The summed E-state index contributed by atoms with van der Waals surface area (Å²) in [5.41, 5.74) is 0. The van der Waals surface area contributed by atoms with Crippen molar-refractivity contribution in [1.82, 2.24) is 5.32 Å². The highest BCUT2D eigenvalue weighted by Gasteiger charge is 2.18. The van der Waals surface area contributed by atoms with Gasteiger partial charge in [-0.05, 0) is 83.5 Å². The molecule has 0 radical (unpaired) electrons. The zero-order chi connectivity index (χ0) is 62.0. The van der Waals surface area contributed by atoms with Gasteiger partial charge in [-0.3, -0.25) is 9.59 Å². The van der Waals surface area contributed by atoms with E-state index in [4.69, 9.17) is 4.74 Å². The highest BCUT2D eigenvalue weighted by molar-refractivity contribution is 5.76. The van der Waals surface area contributed by atoms with E-state index in [0.29, 0.717) is 19.4 Å². The third kappa shape index (κ3) is 71.2. The largest absolute Gasteiger partial charge is 0.466 e. The van der Waals surface area contributed by atoms with Crippen LogP contribution >= 0.6 is 0 Å². The van der Waals surface area contributed by atoms with Gasteiger partial charge in [0.2, 0.25) is 5.91 Å². The Morgan fingerprint density at radius 3 is 0.826 bits per heavy atom. The molecule has 6 heteroatoms. The predicted molar refractivity (Wildman–Crippen MR) is 379 cm³/mol. The fraction of sp³-hybridized carbons (Fsp3) is 0.900. The van der Waals surface area contributed by atoms with Crippen LogP contribution in [0, 0.1) is 0 Å². The lowest BCUT2D eigenvalue weighted by molar-refractivity contribution is -0.143. The van der Waals surface area contributed by atoms with Crippen molar-refractivity contribution < 1.29 is 24.5 Å². The normalized spacial score (nSPS) is 12.7. The monoisotopic (exact) mass is 1210 g/mol. The number of amides is 1. The molecule has 0 saturated carbocycles. The molecule has 1 amide bonds. The van der Waals surface area contributed by atoms with Gasteiger partial charge < -0.3 is 20.3 Å². The first kappa shape index (κ1) is 84.1. The molecule has 0 aromatic heterocycles. The molecule has 0 aromatic carbocycles. The maximum Gasteiger partial charge on any atom is 0.305 e. The van der Waals surface area contributed by atoms with Crippen LogP contribution in [0.3, 0.4) is 0 Å². The lowest BCUT2D eigenvalue weighted by Crippen LogP contribution is -2.45. The maximum absolute atomic E-state index is 12.5. The van der Waals surface area contributed by atoms with Crippen molar-refractivity contribution in [3.63, 3.8) is 0 Å². The highest BCUT2D eigenvalue weighted by atomic mass is 16.5. The molecule has 0 fully saturated rings. The molecule has 0 aromatic rings. The van der Waals surface area contributed by atoms with Crippen LogP contribution in [0.2, 0.25) is 0 Å². The summed E-state index contributed by atoms with van der Waals surface area (Å²) in [4.78, 5) is 24.6. The molecular formula is C80H153NO5. The second-order valence-electron chi connectivity index (χ2n) is 27.0. The third-order valence-corrected chi connectivity index (χ3v) is 18.4. The Labute approximate surface area is 538 Å². The minimum atomic E-state index is -0.843. The van der Waals surface area contributed by atoms with Gasteiger partial charge in [0.05, 0.1) is 25.4 Å². The Hall–Kier alpha value is -1.92. The molecule has 0 saturated heterocycles. The van der Waals surface area contributed by atoms with E-state index in [1.165, 1.54) is 366 Å². The molecule has 0 aliphatic heterocycles. The van der Waals surface area contributed by atoms with Crippen LogP contribution in [-0.4, -0.2) is 47.4 Å². The molecule has 508 valence electrons. The first-order valence-electron chi connectivity index (χ1n) is 39.3. The van der Waals surface area contributed by atoms with Crippen LogP contribution in [0.25, 0.3) is 0 Å². The smallest absolute Gasteiger partial charge is 0.305 e. The number of aliphatic hydroxyl groups excluding tert-OH is 2. The predicted octanol–water partition coefficient (Wildman–Crippen LogP) is 25.8. The lowest BCUT2D eigenvalue weighted by atomic mass is 10.0. The Bertz CT molecular complexity index is 1390. The number of hydrogen-bond acceptors (Lipinski definition) is 5. The Kier molecular flexibility index (Phi) is 73.9. The fourth-order valence-corrected chi connectivity index (χ4v) is 12.4. The Morgan fingerprint density at radius 2 is 0.547 bits per heavy atom. The number of hydrogen-bond donors (Lipinski definition) is 3. The number of carbonyl (C=O) groups is 2. The van der Waals surface area contributed by atoms with Crippen LogP contribution in [-0.2, 0) is 14.3 Å². The van der Waals surface area contributed by atoms with Gasteiger partial charge in [-0.1, -0.05) is 378 Å². The van der Waals surface area contributed by atoms with Crippen LogP contribution in [0.4, 0.5) is 0 Å². The Morgan fingerprint density at radius 1 is 0.314 bits per heavy atom.